The second-order valence-corrected chi connectivity index (χ2v) is 17.9. The summed E-state index contributed by atoms with van der Waals surface area (Å²) < 4.78 is 57.6. The van der Waals surface area contributed by atoms with Crippen LogP contribution in [0.15, 0.2) is 73.8 Å². The Labute approximate surface area is 425 Å². The van der Waals surface area contributed by atoms with Gasteiger partial charge in [0, 0.05) is 49.8 Å². The Balaban J connectivity index is 1.49. The second kappa shape index (κ2) is 23.8. The Morgan fingerprint density at radius 2 is 0.658 bits per heavy atom. The Hall–Kier alpha value is -6.84. The molecule has 19 nitrogen and oxygen atoms in total. The number of fused-ring (bicyclic) bond motifs is 8. The zero-order valence-electron chi connectivity index (χ0n) is 43.5. The third-order valence-electron chi connectivity index (χ3n) is 13.4. The highest BCUT2D eigenvalue weighted by molar-refractivity contribution is 5.97. The van der Waals surface area contributed by atoms with E-state index in [9.17, 15) is 0 Å². The molecular formula is C54H70N12O7+4. The number of ether oxygens (including phenoxy) is 7. The lowest BCUT2D eigenvalue weighted by Crippen LogP contribution is -2.37. The number of imidazole rings is 4. The molecule has 0 saturated heterocycles. The number of hydrogen-bond acceptors (Lipinski definition) is 9. The topological polar surface area (TPSA) is 157 Å². The van der Waals surface area contributed by atoms with Crippen molar-refractivity contribution in [2.24, 2.45) is 7.05 Å². The normalized spacial score (nSPS) is 12.3. The number of H-pyrrole nitrogens is 2. The lowest BCUT2D eigenvalue weighted by Gasteiger charge is -2.08. The Morgan fingerprint density at radius 1 is 0.384 bits per heavy atom. The summed E-state index contributed by atoms with van der Waals surface area (Å²) in [5.74, 6) is 3.83. The molecule has 0 radical (unpaired) electrons. The molecule has 9 rings (SSSR count). The smallest absolute Gasteiger partial charge is 0.293 e. The zero-order chi connectivity index (χ0) is 50.8. The molecule has 8 bridgehead atoms. The van der Waals surface area contributed by atoms with Crippen LogP contribution in [0.2, 0.25) is 0 Å². The van der Waals surface area contributed by atoms with Crippen molar-refractivity contribution in [1.29, 1.82) is 0 Å². The minimum Gasteiger partial charge on any atom is -0.381 e. The number of aromatic nitrogens is 12. The molecule has 9 heterocycles. The van der Waals surface area contributed by atoms with Gasteiger partial charge >= 0.3 is 0 Å². The van der Waals surface area contributed by atoms with E-state index in [1.54, 1.807) is 49.8 Å². The van der Waals surface area contributed by atoms with E-state index in [1.807, 2.05) is 0 Å². The Kier molecular flexibility index (Phi) is 16.7. The number of methoxy groups -OCH3 is 7. The molecule has 73 heavy (non-hydrogen) atoms. The Morgan fingerprint density at radius 3 is 0.959 bits per heavy atom. The summed E-state index contributed by atoms with van der Waals surface area (Å²) in [6.45, 7) is 7.95. The number of hydrogen-bond donors (Lipinski definition) is 2. The van der Waals surface area contributed by atoms with Gasteiger partial charge in [-0.05, 0) is 48.6 Å². The van der Waals surface area contributed by atoms with E-state index >= 15 is 0 Å². The maximum atomic E-state index is 5.70. The monoisotopic (exact) mass is 999 g/mol. The molecule has 7 aromatic heterocycles. The standard InChI is InChI=1S/C54H69N12O7/c1-59-17-18-60(25-32-67-2)51(59)47-39-9-11-41(55-39)48(52-61(26-33-68-3)19-20-62(52)27-34-69-4)43-13-15-45(57-43)50(54-65(30-37-72-7)23-24-66(54)31-38-73-8)46-16-14-44(58-46)49(42-12-10-40(47)56-42)53-63(28-35-70-5)21-22-64(53)29-36-71-6/h9-24H,25-38H2,1-8H3,(H,55,56,57,58)/q+3/p+1. The summed E-state index contributed by atoms with van der Waals surface area (Å²) in [4.78, 5) is 19.3. The summed E-state index contributed by atoms with van der Waals surface area (Å²) in [5.41, 5.74) is 10.3. The molecule has 0 fully saturated rings. The summed E-state index contributed by atoms with van der Waals surface area (Å²) in [5, 5.41) is 0. The predicted octanol–water partition coefficient (Wildman–Crippen LogP) is 4.74. The van der Waals surface area contributed by atoms with Gasteiger partial charge in [-0.1, -0.05) is 0 Å². The molecular weight excluding hydrogens is 929 g/mol. The lowest BCUT2D eigenvalue weighted by molar-refractivity contribution is -0.687. The van der Waals surface area contributed by atoms with Crippen LogP contribution in [0, 0.1) is 0 Å². The maximum absolute atomic E-state index is 5.70. The van der Waals surface area contributed by atoms with E-state index in [0.717, 1.165) is 90.4 Å². The van der Waals surface area contributed by atoms with Crippen molar-refractivity contribution in [3.05, 3.63) is 96.6 Å². The van der Waals surface area contributed by atoms with E-state index < -0.39 is 0 Å². The molecule has 0 aliphatic carbocycles. The van der Waals surface area contributed by atoms with Gasteiger partial charge in [0.25, 0.3) is 23.3 Å². The molecule has 0 amide bonds. The van der Waals surface area contributed by atoms with E-state index in [4.69, 9.17) is 43.1 Å². The molecule has 0 unspecified atom stereocenters. The summed E-state index contributed by atoms with van der Waals surface area (Å²) in [7, 11) is 14.2. The number of nitrogens with one attached hydrogen (secondary N) is 2. The third kappa shape index (κ3) is 10.5. The van der Waals surface area contributed by atoms with Crippen LogP contribution in [0.4, 0.5) is 0 Å². The van der Waals surface area contributed by atoms with Crippen molar-refractivity contribution in [2.45, 2.75) is 45.8 Å². The molecule has 2 aliphatic heterocycles. The SMILES string of the molecule is COCCn1cc[n+](CCOC)c1-c1c2nc(c(-c3n(CCOC)cc[n+]3CCOC)c3ccc([nH]3)c(-c3n(CCOC)cc[n+]3CCOC)c3nc(c(-c4n(C)cc[n+]4CCOC)c4ccc1[nH]4)C=C3)C=C2. The summed E-state index contributed by atoms with van der Waals surface area (Å²) >= 11 is 0. The van der Waals surface area contributed by atoms with Crippen LogP contribution in [0.1, 0.15) is 22.8 Å². The molecule has 2 N–H and O–H groups in total. The van der Waals surface area contributed by atoms with Crippen molar-refractivity contribution in [3.8, 4) is 45.6 Å². The van der Waals surface area contributed by atoms with Gasteiger partial charge in [-0.2, -0.15) is 0 Å². The van der Waals surface area contributed by atoms with Crippen molar-refractivity contribution in [2.75, 3.05) is 96.0 Å². The maximum Gasteiger partial charge on any atom is 0.293 e. The van der Waals surface area contributed by atoms with Gasteiger partial charge in [-0.15, -0.1) is 0 Å². The third-order valence-corrected chi connectivity index (χ3v) is 13.4. The van der Waals surface area contributed by atoms with Crippen LogP contribution in [-0.2, 0) is 86.0 Å². The number of rotatable bonds is 25. The highest BCUT2D eigenvalue weighted by Crippen LogP contribution is 2.37. The number of aryl methyl sites for hydroxylation is 1. The van der Waals surface area contributed by atoms with Gasteiger partial charge < -0.3 is 43.1 Å². The molecule has 2 aliphatic rings. The van der Waals surface area contributed by atoms with Crippen molar-refractivity contribution in [1.82, 2.24) is 38.2 Å². The first-order valence-corrected chi connectivity index (χ1v) is 24.8. The Bertz CT molecular complexity index is 3130. The molecule has 0 spiro atoms. The lowest BCUT2D eigenvalue weighted by atomic mass is 10.1. The molecule has 19 heteroatoms. The van der Waals surface area contributed by atoms with Gasteiger partial charge in [-0.3, -0.25) is 0 Å². The largest absolute Gasteiger partial charge is 0.381 e. The zero-order valence-corrected chi connectivity index (χ0v) is 43.5. The first-order chi connectivity index (χ1) is 35.8. The summed E-state index contributed by atoms with van der Waals surface area (Å²) in [6, 6.07) is 8.64. The quantitative estimate of drug-likeness (QED) is 0.0773. The van der Waals surface area contributed by atoms with Crippen molar-refractivity contribution < 1.29 is 51.4 Å². The van der Waals surface area contributed by atoms with Crippen molar-refractivity contribution >= 4 is 46.4 Å². The van der Waals surface area contributed by atoms with E-state index in [2.05, 4.69) is 152 Å². The van der Waals surface area contributed by atoms with E-state index in [0.29, 0.717) is 92.1 Å². The molecule has 0 aromatic carbocycles. The predicted molar refractivity (Wildman–Crippen MR) is 277 cm³/mol. The van der Waals surface area contributed by atoms with Crippen LogP contribution in [0.3, 0.4) is 0 Å². The summed E-state index contributed by atoms with van der Waals surface area (Å²) in [6.07, 6.45) is 25.4. The van der Waals surface area contributed by atoms with E-state index in [-0.39, 0.29) is 0 Å². The minimum atomic E-state index is 0.513. The van der Waals surface area contributed by atoms with Gasteiger partial charge in [0.05, 0.1) is 98.1 Å². The molecule has 0 saturated carbocycles. The fourth-order valence-electron chi connectivity index (χ4n) is 9.84. The number of aromatic amines is 2. The molecule has 7 aromatic rings. The first-order valence-electron chi connectivity index (χ1n) is 24.8. The van der Waals surface area contributed by atoms with Crippen LogP contribution >= 0.6 is 0 Å². The van der Waals surface area contributed by atoms with Gasteiger partial charge in [0.2, 0.25) is 0 Å². The average molecular weight is 999 g/mol. The van der Waals surface area contributed by atoms with E-state index in [1.165, 1.54) is 0 Å². The van der Waals surface area contributed by atoms with Crippen LogP contribution < -0.4 is 18.3 Å². The van der Waals surface area contributed by atoms with Gasteiger partial charge in [-0.25, -0.2) is 46.5 Å². The molecule has 0 atom stereocenters. The van der Waals surface area contributed by atoms with Gasteiger partial charge in [0.1, 0.15) is 118 Å². The first kappa shape index (κ1) is 51.1. The average Bonchev–Trinajstić information content (AvgIpc) is 4.27. The van der Waals surface area contributed by atoms with Crippen molar-refractivity contribution in [3.63, 3.8) is 0 Å². The highest BCUT2D eigenvalue weighted by Gasteiger charge is 2.32. The molecule has 384 valence electrons. The van der Waals surface area contributed by atoms with Crippen LogP contribution in [-0.4, -0.2) is 134 Å². The fourth-order valence-corrected chi connectivity index (χ4v) is 9.84. The fraction of sp³-hybridized carbons (Fsp3) is 0.407. The second-order valence-electron chi connectivity index (χ2n) is 17.9. The highest BCUT2D eigenvalue weighted by atomic mass is 16.5. The van der Waals surface area contributed by atoms with Crippen LogP contribution in [0.25, 0.3) is 91.9 Å². The van der Waals surface area contributed by atoms with Crippen LogP contribution in [0.5, 0.6) is 0 Å². The minimum absolute atomic E-state index is 0.513. The number of nitrogens with zero attached hydrogens (tertiary/aromatic N) is 10. The van der Waals surface area contributed by atoms with Gasteiger partial charge in [0.15, 0.2) is 0 Å².